The molecule has 1 aliphatic heterocycles. The van der Waals surface area contributed by atoms with Crippen molar-refractivity contribution in [1.29, 1.82) is 0 Å². The van der Waals surface area contributed by atoms with E-state index in [1.807, 2.05) is 17.8 Å². The monoisotopic (exact) mass is 396 g/mol. The van der Waals surface area contributed by atoms with Gasteiger partial charge < -0.3 is 14.5 Å². The number of ether oxygens (including phenoxy) is 1. The molecule has 3 aromatic rings. The number of carbonyl (C=O) groups excluding carboxylic acids is 1. The Morgan fingerprint density at radius 2 is 2.07 bits per heavy atom. The highest BCUT2D eigenvalue weighted by molar-refractivity contribution is 5.96. The van der Waals surface area contributed by atoms with Crippen LogP contribution in [0.4, 0.5) is 5.69 Å². The van der Waals surface area contributed by atoms with Gasteiger partial charge in [0.15, 0.2) is 5.65 Å². The molecule has 2 aliphatic rings. The number of hydrogen-bond donors (Lipinski definition) is 1. The van der Waals surface area contributed by atoms with Gasteiger partial charge in [0.25, 0.3) is 5.89 Å². The minimum Gasteiger partial charge on any atom is -0.420 e. The molecule has 0 aromatic carbocycles. The van der Waals surface area contributed by atoms with E-state index in [9.17, 15) is 4.79 Å². The van der Waals surface area contributed by atoms with Crippen molar-refractivity contribution in [3.05, 3.63) is 18.3 Å². The molecule has 0 radical (unpaired) electrons. The minimum atomic E-state index is 0.0233. The number of Topliss-reactive ketones (excluding diaryl/α,β-unsaturated/α-hetero) is 1. The molecule has 4 heterocycles. The van der Waals surface area contributed by atoms with Gasteiger partial charge in [-0.2, -0.15) is 5.10 Å². The molecule has 9 nitrogen and oxygen atoms in total. The molecule has 2 fully saturated rings. The number of aryl methyl sites for hydroxylation is 1. The van der Waals surface area contributed by atoms with Crippen LogP contribution in [0.2, 0.25) is 0 Å². The molecule has 1 N–H and O–H groups in total. The predicted octanol–water partition coefficient (Wildman–Crippen LogP) is 2.93. The number of aromatic nitrogens is 5. The van der Waals surface area contributed by atoms with Crippen LogP contribution >= 0.6 is 0 Å². The molecular formula is C20H24N6O3. The lowest BCUT2D eigenvalue weighted by atomic mass is 10.1. The van der Waals surface area contributed by atoms with Crippen LogP contribution in [-0.4, -0.2) is 50.0 Å². The average molecular weight is 396 g/mol. The molecule has 9 heteroatoms. The Hall–Kier alpha value is -2.81. The second-order valence-corrected chi connectivity index (χ2v) is 7.70. The van der Waals surface area contributed by atoms with Gasteiger partial charge in [-0.15, -0.1) is 10.2 Å². The summed E-state index contributed by atoms with van der Waals surface area (Å²) in [7, 11) is 0. The number of fused-ring (bicyclic) bond motifs is 1. The summed E-state index contributed by atoms with van der Waals surface area (Å²) in [5, 5.41) is 17.6. The van der Waals surface area contributed by atoms with Crippen molar-refractivity contribution >= 4 is 22.5 Å². The smallest absolute Gasteiger partial charge is 0.251 e. The van der Waals surface area contributed by atoms with E-state index in [4.69, 9.17) is 9.15 Å². The summed E-state index contributed by atoms with van der Waals surface area (Å²) in [4.78, 5) is 16.2. The van der Waals surface area contributed by atoms with Gasteiger partial charge in [-0.05, 0) is 26.2 Å². The van der Waals surface area contributed by atoms with E-state index < -0.39 is 0 Å². The highest BCUT2D eigenvalue weighted by Crippen LogP contribution is 2.37. The fraction of sp³-hybridized carbons (Fsp3) is 0.550. The molecule has 0 bridgehead atoms. The second kappa shape index (κ2) is 7.55. The maximum atomic E-state index is 11.6. The highest BCUT2D eigenvalue weighted by atomic mass is 16.5. The predicted molar refractivity (Wildman–Crippen MR) is 106 cm³/mol. The van der Waals surface area contributed by atoms with Crippen LogP contribution < -0.4 is 5.32 Å². The van der Waals surface area contributed by atoms with E-state index in [2.05, 4.69) is 25.6 Å². The Morgan fingerprint density at radius 3 is 2.83 bits per heavy atom. The molecule has 0 amide bonds. The van der Waals surface area contributed by atoms with Gasteiger partial charge in [0.1, 0.15) is 5.78 Å². The van der Waals surface area contributed by atoms with Gasteiger partial charge in [-0.25, -0.2) is 9.67 Å². The van der Waals surface area contributed by atoms with Gasteiger partial charge in [0, 0.05) is 50.8 Å². The van der Waals surface area contributed by atoms with Crippen molar-refractivity contribution in [1.82, 2.24) is 25.0 Å². The summed E-state index contributed by atoms with van der Waals surface area (Å²) in [6.45, 7) is 4.28. The van der Waals surface area contributed by atoms with E-state index in [1.54, 1.807) is 6.20 Å². The molecule has 1 unspecified atom stereocenters. The van der Waals surface area contributed by atoms with Crippen LogP contribution in [0.5, 0.6) is 0 Å². The van der Waals surface area contributed by atoms with E-state index in [0.717, 1.165) is 61.3 Å². The number of rotatable bonds is 5. The Balaban J connectivity index is 1.54. The molecule has 5 rings (SSSR count). The van der Waals surface area contributed by atoms with Crippen LogP contribution in [0.15, 0.2) is 16.8 Å². The molecule has 29 heavy (non-hydrogen) atoms. The van der Waals surface area contributed by atoms with Crippen LogP contribution in [0.1, 0.15) is 50.8 Å². The van der Waals surface area contributed by atoms with Crippen LogP contribution in [-0.2, 0) is 16.1 Å². The maximum absolute atomic E-state index is 11.6. The minimum absolute atomic E-state index is 0.0233. The highest BCUT2D eigenvalue weighted by Gasteiger charge is 2.29. The summed E-state index contributed by atoms with van der Waals surface area (Å²) < 4.78 is 13.4. The first-order valence-corrected chi connectivity index (χ1v) is 10.3. The zero-order valence-electron chi connectivity index (χ0n) is 16.4. The number of hydrogen-bond acceptors (Lipinski definition) is 8. The van der Waals surface area contributed by atoms with Crippen molar-refractivity contribution < 1.29 is 13.9 Å². The number of carbonyl (C=O) groups is 1. The zero-order valence-corrected chi connectivity index (χ0v) is 16.4. The summed E-state index contributed by atoms with van der Waals surface area (Å²) in [5.74, 6) is 1.24. The van der Waals surface area contributed by atoms with Crippen molar-refractivity contribution in [2.45, 2.75) is 57.5 Å². The van der Waals surface area contributed by atoms with Crippen molar-refractivity contribution in [3.63, 3.8) is 0 Å². The van der Waals surface area contributed by atoms with Crippen LogP contribution in [0.3, 0.4) is 0 Å². The number of ketones is 1. The third-order valence-corrected chi connectivity index (χ3v) is 5.80. The Bertz CT molecular complexity index is 1040. The van der Waals surface area contributed by atoms with E-state index in [1.165, 1.54) is 0 Å². The first kappa shape index (κ1) is 18.2. The number of pyridine rings is 1. The maximum Gasteiger partial charge on any atom is 0.251 e. The van der Waals surface area contributed by atoms with E-state index >= 15 is 0 Å². The summed E-state index contributed by atoms with van der Waals surface area (Å²) in [6.07, 6.45) is 7.32. The van der Waals surface area contributed by atoms with Crippen molar-refractivity contribution in [2.75, 3.05) is 18.5 Å². The number of anilines is 1. The van der Waals surface area contributed by atoms with Crippen molar-refractivity contribution in [2.24, 2.45) is 0 Å². The van der Waals surface area contributed by atoms with Gasteiger partial charge in [-0.3, -0.25) is 4.79 Å². The number of nitrogens with one attached hydrogen (secondary N) is 1. The van der Waals surface area contributed by atoms with E-state index in [0.29, 0.717) is 30.7 Å². The largest absolute Gasteiger partial charge is 0.420 e. The topological polar surface area (TPSA) is 108 Å². The lowest BCUT2D eigenvalue weighted by Gasteiger charge is -2.25. The molecule has 152 valence electrons. The van der Waals surface area contributed by atoms with Crippen LogP contribution in [0, 0.1) is 0 Å². The molecule has 1 atom stereocenters. The fourth-order valence-corrected chi connectivity index (χ4v) is 4.16. The van der Waals surface area contributed by atoms with Gasteiger partial charge >= 0.3 is 0 Å². The molecule has 0 spiro atoms. The van der Waals surface area contributed by atoms with Gasteiger partial charge in [-0.1, -0.05) is 0 Å². The second-order valence-electron chi connectivity index (χ2n) is 7.70. The fourth-order valence-electron chi connectivity index (χ4n) is 4.16. The first-order chi connectivity index (χ1) is 14.2. The lowest BCUT2D eigenvalue weighted by Crippen LogP contribution is -2.28. The average Bonchev–Trinajstić information content (AvgIpc) is 3.48. The summed E-state index contributed by atoms with van der Waals surface area (Å²) in [5.41, 5.74) is 2.51. The summed E-state index contributed by atoms with van der Waals surface area (Å²) >= 11 is 0. The molecule has 1 saturated carbocycles. The number of nitrogens with zero attached hydrogens (tertiary/aromatic N) is 5. The van der Waals surface area contributed by atoms with Crippen LogP contribution in [0.25, 0.3) is 22.5 Å². The van der Waals surface area contributed by atoms with E-state index in [-0.39, 0.29) is 11.7 Å². The SMILES string of the molecule is CCn1ncc2c(NC3CCOCC3)c(-c3nnc(C4CCC(=O)C4)o3)cnc21. The Labute approximate surface area is 167 Å². The quantitative estimate of drug-likeness (QED) is 0.701. The van der Waals surface area contributed by atoms with Gasteiger partial charge in [0.2, 0.25) is 5.89 Å². The van der Waals surface area contributed by atoms with Gasteiger partial charge in [0.05, 0.1) is 22.8 Å². The normalized spacial score (nSPS) is 20.6. The van der Waals surface area contributed by atoms with Crippen molar-refractivity contribution in [3.8, 4) is 11.5 Å². The first-order valence-electron chi connectivity index (χ1n) is 10.3. The standard InChI is InChI=1S/C20H24N6O3/c1-2-26-18-15(11-22-26)17(23-13-5-7-28-8-6-13)16(10-21-18)20-25-24-19(29-20)12-3-4-14(27)9-12/h10-13H,2-9H2,1H3,(H,21,23). The zero-order chi connectivity index (χ0) is 19.8. The Kier molecular flexibility index (Phi) is 4.75. The molecular weight excluding hydrogens is 372 g/mol. The molecule has 1 saturated heterocycles. The molecule has 1 aliphatic carbocycles. The summed E-state index contributed by atoms with van der Waals surface area (Å²) in [6, 6.07) is 0.299. The third-order valence-electron chi connectivity index (χ3n) is 5.80. The third kappa shape index (κ3) is 3.39. The lowest BCUT2D eigenvalue weighted by molar-refractivity contribution is -0.117. The molecule has 3 aromatic heterocycles. The Morgan fingerprint density at radius 1 is 1.21 bits per heavy atom.